The van der Waals surface area contributed by atoms with Gasteiger partial charge in [0.05, 0.1) is 24.3 Å². The molecule has 8 heteroatoms. The van der Waals surface area contributed by atoms with E-state index >= 15 is 0 Å². The lowest BCUT2D eigenvalue weighted by molar-refractivity contribution is -0.120. The van der Waals surface area contributed by atoms with Crippen LogP contribution in [0.3, 0.4) is 0 Å². The summed E-state index contributed by atoms with van der Waals surface area (Å²) in [6, 6.07) is -0.459. The Balaban J connectivity index is 2.04. The first-order valence-corrected chi connectivity index (χ1v) is 5.35. The maximum Gasteiger partial charge on any atom is 0.328 e. The van der Waals surface area contributed by atoms with Crippen molar-refractivity contribution >= 4 is 29.0 Å². The Morgan fingerprint density at radius 3 is 2.94 bits per heavy atom. The number of urea groups is 1. The Kier molecular flexibility index (Phi) is 2.15. The summed E-state index contributed by atoms with van der Waals surface area (Å²) in [5.74, 6) is -0.273. The molecular formula is C10H10N6O2. The van der Waals surface area contributed by atoms with E-state index in [1.807, 2.05) is 0 Å². The number of nitrogens with one attached hydrogen (secondary N) is 1. The fourth-order valence-corrected chi connectivity index (χ4v) is 1.86. The number of nitrogen functional groups attached to an aromatic ring is 1. The molecule has 3 N–H and O–H groups in total. The van der Waals surface area contributed by atoms with Crippen molar-refractivity contribution in [3.05, 3.63) is 18.6 Å². The van der Waals surface area contributed by atoms with Crippen molar-refractivity contribution in [2.75, 3.05) is 17.2 Å². The molecule has 1 fully saturated rings. The van der Waals surface area contributed by atoms with Crippen LogP contribution >= 0.6 is 0 Å². The highest BCUT2D eigenvalue weighted by Crippen LogP contribution is 2.21. The molecule has 1 aliphatic rings. The minimum absolute atomic E-state index is 0.262. The van der Waals surface area contributed by atoms with Crippen LogP contribution in [0.2, 0.25) is 0 Å². The smallest absolute Gasteiger partial charge is 0.328 e. The lowest BCUT2D eigenvalue weighted by atomic mass is 10.3. The Morgan fingerprint density at radius 1 is 1.33 bits per heavy atom. The molecule has 2 aromatic heterocycles. The zero-order chi connectivity index (χ0) is 12.7. The average molecular weight is 246 g/mol. The van der Waals surface area contributed by atoms with Crippen LogP contribution in [0.25, 0.3) is 5.65 Å². The minimum Gasteiger partial charge on any atom is -0.396 e. The molecule has 0 atom stereocenters. The largest absolute Gasteiger partial charge is 0.396 e. The first kappa shape index (κ1) is 10.5. The van der Waals surface area contributed by atoms with Crippen molar-refractivity contribution < 1.29 is 9.59 Å². The van der Waals surface area contributed by atoms with Crippen molar-refractivity contribution in [1.29, 1.82) is 0 Å². The van der Waals surface area contributed by atoms with E-state index in [2.05, 4.69) is 15.4 Å². The number of nitrogens with two attached hydrogens (primary N) is 1. The van der Waals surface area contributed by atoms with E-state index in [4.69, 9.17) is 5.73 Å². The van der Waals surface area contributed by atoms with Gasteiger partial charge in [0, 0.05) is 13.0 Å². The van der Waals surface area contributed by atoms with E-state index in [0.29, 0.717) is 23.6 Å². The number of imide groups is 1. The van der Waals surface area contributed by atoms with Gasteiger partial charge in [-0.05, 0) is 0 Å². The highest BCUT2D eigenvalue weighted by Gasteiger charge is 2.26. The van der Waals surface area contributed by atoms with E-state index in [1.54, 1.807) is 6.20 Å². The van der Waals surface area contributed by atoms with Crippen molar-refractivity contribution in [2.24, 2.45) is 0 Å². The van der Waals surface area contributed by atoms with E-state index in [9.17, 15) is 9.59 Å². The molecule has 0 aliphatic carbocycles. The number of aromatic nitrogens is 3. The van der Waals surface area contributed by atoms with Crippen LogP contribution in [0, 0.1) is 0 Å². The van der Waals surface area contributed by atoms with Crippen LogP contribution < -0.4 is 16.0 Å². The SMILES string of the molecule is Nc1cnc2c(N3CCC(=O)NC3=O)cnn2c1. The first-order valence-electron chi connectivity index (χ1n) is 5.35. The summed E-state index contributed by atoms with van der Waals surface area (Å²) in [6.45, 7) is 0.318. The maximum absolute atomic E-state index is 11.7. The number of fused-ring (bicyclic) bond motifs is 1. The number of hydrogen-bond acceptors (Lipinski definition) is 5. The Labute approximate surface area is 101 Å². The standard InChI is InChI=1S/C10H10N6O2/c11-6-3-12-9-7(4-13-16(9)5-6)15-2-1-8(17)14-10(15)18/h3-5H,1-2,11H2,(H,14,17,18). The van der Waals surface area contributed by atoms with Crippen LogP contribution in [0.15, 0.2) is 18.6 Å². The van der Waals surface area contributed by atoms with Gasteiger partial charge in [0.2, 0.25) is 5.91 Å². The van der Waals surface area contributed by atoms with Crippen LogP contribution in [0.5, 0.6) is 0 Å². The topological polar surface area (TPSA) is 106 Å². The van der Waals surface area contributed by atoms with Crippen molar-refractivity contribution in [2.45, 2.75) is 6.42 Å². The third-order valence-electron chi connectivity index (χ3n) is 2.70. The van der Waals surface area contributed by atoms with Crippen LogP contribution in [-0.2, 0) is 4.79 Å². The van der Waals surface area contributed by atoms with Crippen molar-refractivity contribution in [3.8, 4) is 0 Å². The number of rotatable bonds is 1. The molecule has 0 spiro atoms. The van der Waals surface area contributed by atoms with Gasteiger partial charge in [-0.3, -0.25) is 15.0 Å². The zero-order valence-corrected chi connectivity index (χ0v) is 9.33. The number of nitrogens with zero attached hydrogens (tertiary/aromatic N) is 4. The molecule has 92 valence electrons. The average Bonchev–Trinajstić information content (AvgIpc) is 2.72. The van der Waals surface area contributed by atoms with Crippen LogP contribution in [-0.4, -0.2) is 33.1 Å². The van der Waals surface area contributed by atoms with Crippen LogP contribution in [0.4, 0.5) is 16.2 Å². The molecule has 0 radical (unpaired) electrons. The van der Waals surface area contributed by atoms with Gasteiger partial charge in [0.15, 0.2) is 5.65 Å². The molecular weight excluding hydrogens is 236 g/mol. The molecule has 1 saturated heterocycles. The highest BCUT2D eigenvalue weighted by atomic mass is 16.2. The van der Waals surface area contributed by atoms with E-state index < -0.39 is 6.03 Å². The molecule has 0 bridgehead atoms. The molecule has 18 heavy (non-hydrogen) atoms. The second-order valence-corrected chi connectivity index (χ2v) is 3.94. The number of carbonyl (C=O) groups excluding carboxylic acids is 2. The molecule has 2 aromatic rings. The minimum atomic E-state index is -0.459. The summed E-state index contributed by atoms with van der Waals surface area (Å²) in [7, 11) is 0. The Bertz CT molecular complexity index is 649. The third kappa shape index (κ3) is 1.54. The van der Waals surface area contributed by atoms with Gasteiger partial charge in [0.25, 0.3) is 0 Å². The van der Waals surface area contributed by atoms with E-state index in [0.717, 1.165) is 0 Å². The summed E-state index contributed by atoms with van der Waals surface area (Å²) < 4.78 is 1.49. The predicted octanol–water partition coefficient (Wildman–Crippen LogP) is -0.242. The molecule has 3 rings (SSSR count). The van der Waals surface area contributed by atoms with Gasteiger partial charge in [-0.2, -0.15) is 5.10 Å². The summed E-state index contributed by atoms with van der Waals surface area (Å²) in [4.78, 5) is 28.4. The second kappa shape index (κ2) is 3.69. The number of anilines is 2. The third-order valence-corrected chi connectivity index (χ3v) is 2.70. The molecule has 0 unspecified atom stereocenters. The number of amides is 3. The Morgan fingerprint density at radius 2 is 2.17 bits per heavy atom. The lowest BCUT2D eigenvalue weighted by Crippen LogP contribution is -2.49. The number of hydrogen-bond donors (Lipinski definition) is 2. The van der Waals surface area contributed by atoms with E-state index in [-0.39, 0.29) is 12.3 Å². The molecule has 8 nitrogen and oxygen atoms in total. The van der Waals surface area contributed by atoms with E-state index in [1.165, 1.54) is 21.8 Å². The first-order chi connectivity index (χ1) is 8.65. The summed E-state index contributed by atoms with van der Waals surface area (Å²) in [5, 5.41) is 6.33. The molecule has 0 saturated carbocycles. The maximum atomic E-state index is 11.7. The zero-order valence-electron chi connectivity index (χ0n) is 9.33. The van der Waals surface area contributed by atoms with Crippen LogP contribution in [0.1, 0.15) is 6.42 Å². The quantitative estimate of drug-likeness (QED) is 0.722. The summed E-state index contributed by atoms with van der Waals surface area (Å²) >= 11 is 0. The second-order valence-electron chi connectivity index (χ2n) is 3.94. The van der Waals surface area contributed by atoms with Gasteiger partial charge < -0.3 is 5.73 Å². The molecule has 0 aromatic carbocycles. The normalized spacial score (nSPS) is 16.1. The monoisotopic (exact) mass is 246 g/mol. The molecule has 1 aliphatic heterocycles. The predicted molar refractivity (Wildman–Crippen MR) is 62.9 cm³/mol. The number of carbonyl (C=O) groups is 2. The lowest BCUT2D eigenvalue weighted by Gasteiger charge is -2.24. The van der Waals surface area contributed by atoms with Gasteiger partial charge in [-0.15, -0.1) is 0 Å². The van der Waals surface area contributed by atoms with Gasteiger partial charge >= 0.3 is 6.03 Å². The summed E-state index contributed by atoms with van der Waals surface area (Å²) in [6.07, 6.45) is 4.89. The molecule has 3 amide bonds. The van der Waals surface area contributed by atoms with Crippen molar-refractivity contribution in [1.82, 2.24) is 19.9 Å². The summed E-state index contributed by atoms with van der Waals surface area (Å²) in [5.41, 5.74) is 7.16. The fraction of sp³-hybridized carbons (Fsp3) is 0.200. The molecule has 3 heterocycles. The highest BCUT2D eigenvalue weighted by molar-refractivity contribution is 6.07. The van der Waals surface area contributed by atoms with Gasteiger partial charge in [-0.1, -0.05) is 0 Å². The van der Waals surface area contributed by atoms with Gasteiger partial charge in [-0.25, -0.2) is 14.3 Å². The Hall–Kier alpha value is -2.64. The fourth-order valence-electron chi connectivity index (χ4n) is 1.86. The van der Waals surface area contributed by atoms with Gasteiger partial charge in [0.1, 0.15) is 5.69 Å². The van der Waals surface area contributed by atoms with Crippen molar-refractivity contribution in [3.63, 3.8) is 0 Å².